The van der Waals surface area contributed by atoms with E-state index in [1.165, 1.54) is 0 Å². The molecule has 24 heavy (non-hydrogen) atoms. The second-order valence-electron chi connectivity index (χ2n) is 5.45. The van der Waals surface area contributed by atoms with Crippen LogP contribution >= 0.6 is 23.2 Å². The lowest BCUT2D eigenvalue weighted by molar-refractivity contribution is 0.407. The molecular weight excluding hydrogens is 357 g/mol. The smallest absolute Gasteiger partial charge is 0.234 e. The maximum absolute atomic E-state index is 13.7. The second-order valence-corrected chi connectivity index (χ2v) is 6.21. The van der Waals surface area contributed by atoms with Crippen molar-refractivity contribution in [2.45, 2.75) is 25.7 Å². The number of aromatic nitrogens is 1. The quantitative estimate of drug-likeness (QED) is 0.671. The molecule has 7 heteroatoms. The summed E-state index contributed by atoms with van der Waals surface area (Å²) in [4.78, 5) is 2.99. The number of benzene rings is 1. The fraction of sp³-hybridized carbons (Fsp3) is 0.294. The van der Waals surface area contributed by atoms with Gasteiger partial charge in [0.2, 0.25) is 11.9 Å². The first kappa shape index (κ1) is 18.4. The molecular formula is C17H14Cl2F2N2O. The molecule has 0 aliphatic rings. The van der Waals surface area contributed by atoms with Gasteiger partial charge in [-0.3, -0.25) is 0 Å². The van der Waals surface area contributed by atoms with Gasteiger partial charge in [0.05, 0.1) is 19.1 Å². The predicted octanol–water partition coefficient (Wildman–Crippen LogP) is 5.45. The van der Waals surface area contributed by atoms with Crippen LogP contribution in [0.25, 0.3) is 0 Å². The van der Waals surface area contributed by atoms with Gasteiger partial charge in [0, 0.05) is 5.56 Å². The van der Waals surface area contributed by atoms with Crippen LogP contribution in [0.2, 0.25) is 10.0 Å². The number of pyridine rings is 1. The number of nitrogens with zero attached hydrogens (tertiary/aromatic N) is 2. The van der Waals surface area contributed by atoms with Gasteiger partial charge in [-0.2, -0.15) is 19.0 Å². The third-order valence-corrected chi connectivity index (χ3v) is 4.38. The Morgan fingerprint density at radius 1 is 1.17 bits per heavy atom. The van der Waals surface area contributed by atoms with E-state index in [0.717, 1.165) is 5.56 Å². The molecule has 1 aromatic heterocycles. The molecule has 1 atom stereocenters. The maximum atomic E-state index is 13.7. The van der Waals surface area contributed by atoms with Crippen LogP contribution in [0, 0.1) is 23.2 Å². The van der Waals surface area contributed by atoms with E-state index in [-0.39, 0.29) is 11.5 Å². The zero-order chi connectivity index (χ0) is 18.0. The minimum atomic E-state index is -1.20. The average Bonchev–Trinajstić information content (AvgIpc) is 2.56. The van der Waals surface area contributed by atoms with Crippen molar-refractivity contribution in [2.75, 3.05) is 7.11 Å². The molecule has 0 bridgehead atoms. The Balaban J connectivity index is 2.67. The molecule has 2 rings (SSSR count). The molecule has 0 amide bonds. The van der Waals surface area contributed by atoms with Gasteiger partial charge in [-0.15, -0.1) is 0 Å². The van der Waals surface area contributed by atoms with Crippen molar-refractivity contribution in [2.24, 2.45) is 0 Å². The van der Waals surface area contributed by atoms with Crippen molar-refractivity contribution in [3.05, 3.63) is 56.8 Å². The van der Waals surface area contributed by atoms with Crippen molar-refractivity contribution in [3.8, 4) is 11.8 Å². The normalized spacial score (nSPS) is 12.1. The Morgan fingerprint density at radius 3 is 2.21 bits per heavy atom. The van der Waals surface area contributed by atoms with Gasteiger partial charge in [0.15, 0.2) is 0 Å². The van der Waals surface area contributed by atoms with Crippen molar-refractivity contribution < 1.29 is 13.5 Å². The van der Waals surface area contributed by atoms with Crippen molar-refractivity contribution in [3.63, 3.8) is 0 Å². The molecule has 1 aromatic carbocycles. The lowest BCUT2D eigenvalue weighted by atomic mass is 9.89. The molecule has 1 unspecified atom stereocenters. The number of nitriles is 1. The highest BCUT2D eigenvalue weighted by Gasteiger charge is 2.27. The van der Waals surface area contributed by atoms with E-state index in [0.29, 0.717) is 11.3 Å². The largest absolute Gasteiger partial charge is 0.496 e. The fourth-order valence-electron chi connectivity index (χ4n) is 2.45. The second kappa shape index (κ2) is 7.33. The van der Waals surface area contributed by atoms with Crippen LogP contribution in [0.1, 0.15) is 42.4 Å². The molecule has 0 radical (unpaired) electrons. The van der Waals surface area contributed by atoms with Gasteiger partial charge in [-0.25, -0.2) is 0 Å². The first-order valence-electron chi connectivity index (χ1n) is 7.09. The van der Waals surface area contributed by atoms with Gasteiger partial charge in [0.25, 0.3) is 0 Å². The van der Waals surface area contributed by atoms with E-state index in [2.05, 4.69) is 4.98 Å². The highest BCUT2D eigenvalue weighted by atomic mass is 35.5. The first-order valence-corrected chi connectivity index (χ1v) is 7.84. The van der Waals surface area contributed by atoms with Gasteiger partial charge in [-0.05, 0) is 23.1 Å². The minimum absolute atomic E-state index is 0.121. The van der Waals surface area contributed by atoms with E-state index in [1.807, 2.05) is 19.9 Å². The van der Waals surface area contributed by atoms with E-state index in [4.69, 9.17) is 27.9 Å². The van der Waals surface area contributed by atoms with E-state index in [9.17, 15) is 14.0 Å². The van der Waals surface area contributed by atoms with Crippen molar-refractivity contribution >= 4 is 23.2 Å². The SMILES string of the molecule is COc1ccc(C(C#N)c2c(Cl)c(F)nc(F)c2Cl)cc1C(C)C. The summed E-state index contributed by atoms with van der Waals surface area (Å²) in [7, 11) is 1.55. The fourth-order valence-corrected chi connectivity index (χ4v) is 2.99. The molecule has 0 saturated carbocycles. The van der Waals surface area contributed by atoms with Gasteiger partial charge in [-0.1, -0.05) is 49.2 Å². The molecule has 0 saturated heterocycles. The molecule has 0 aliphatic carbocycles. The number of hydrogen-bond donors (Lipinski definition) is 0. The van der Waals surface area contributed by atoms with Crippen LogP contribution in [0.5, 0.6) is 5.75 Å². The lowest BCUT2D eigenvalue weighted by Gasteiger charge is -2.18. The molecule has 0 aliphatic heterocycles. The zero-order valence-electron chi connectivity index (χ0n) is 13.2. The lowest BCUT2D eigenvalue weighted by Crippen LogP contribution is -2.07. The average molecular weight is 371 g/mol. The molecule has 1 heterocycles. The first-order chi connectivity index (χ1) is 11.3. The van der Waals surface area contributed by atoms with Gasteiger partial charge >= 0.3 is 0 Å². The van der Waals surface area contributed by atoms with Gasteiger partial charge < -0.3 is 4.74 Å². The number of methoxy groups -OCH3 is 1. The Bertz CT molecular complexity index is 793. The van der Waals surface area contributed by atoms with Crippen molar-refractivity contribution in [1.29, 1.82) is 5.26 Å². The van der Waals surface area contributed by atoms with Gasteiger partial charge in [0.1, 0.15) is 15.8 Å². The summed E-state index contributed by atoms with van der Waals surface area (Å²) in [5.74, 6) is -2.66. The summed E-state index contributed by atoms with van der Waals surface area (Å²) in [6, 6.07) is 7.09. The Kier molecular flexibility index (Phi) is 5.63. The number of ether oxygens (including phenoxy) is 1. The van der Waals surface area contributed by atoms with Crippen LogP contribution in [0.3, 0.4) is 0 Å². The van der Waals surface area contributed by atoms with Crippen LogP contribution in [0.4, 0.5) is 8.78 Å². The summed E-state index contributed by atoms with van der Waals surface area (Å²) >= 11 is 11.8. The molecule has 0 spiro atoms. The van der Waals surface area contributed by atoms with Crippen molar-refractivity contribution in [1.82, 2.24) is 4.98 Å². The molecule has 126 valence electrons. The van der Waals surface area contributed by atoms with E-state index in [1.54, 1.807) is 25.3 Å². The number of halogens is 4. The van der Waals surface area contributed by atoms with Crippen LogP contribution in [-0.2, 0) is 0 Å². The zero-order valence-corrected chi connectivity index (χ0v) is 14.7. The topological polar surface area (TPSA) is 45.9 Å². The summed E-state index contributed by atoms with van der Waals surface area (Å²) in [5.41, 5.74) is 1.24. The summed E-state index contributed by atoms with van der Waals surface area (Å²) in [6.45, 7) is 3.93. The molecule has 3 nitrogen and oxygen atoms in total. The Labute approximate surface area is 148 Å². The Hall–Kier alpha value is -1.90. The highest BCUT2D eigenvalue weighted by Crippen LogP contribution is 2.39. The molecule has 2 aromatic rings. The minimum Gasteiger partial charge on any atom is -0.496 e. The highest BCUT2D eigenvalue weighted by molar-refractivity contribution is 6.36. The third-order valence-electron chi connectivity index (χ3n) is 3.66. The van der Waals surface area contributed by atoms with Crippen LogP contribution < -0.4 is 4.74 Å². The number of rotatable bonds is 4. The summed E-state index contributed by atoms with van der Waals surface area (Å²) < 4.78 is 32.7. The third kappa shape index (κ3) is 3.31. The summed E-state index contributed by atoms with van der Waals surface area (Å²) in [5, 5.41) is 8.63. The monoisotopic (exact) mass is 370 g/mol. The Morgan fingerprint density at radius 2 is 1.75 bits per heavy atom. The van der Waals surface area contributed by atoms with E-state index >= 15 is 0 Å². The predicted molar refractivity (Wildman–Crippen MR) is 88.7 cm³/mol. The van der Waals surface area contributed by atoms with Crippen LogP contribution in [-0.4, -0.2) is 12.1 Å². The standard InChI is InChI=1S/C17H14Cl2F2N2O/c1-8(2)10-6-9(4-5-12(10)24-3)11(7-22)13-14(18)16(20)23-17(21)15(13)19/h4-6,8,11H,1-3H3. The summed E-state index contributed by atoms with van der Waals surface area (Å²) in [6.07, 6.45) is 0. The number of hydrogen-bond acceptors (Lipinski definition) is 3. The maximum Gasteiger partial charge on any atom is 0.234 e. The van der Waals surface area contributed by atoms with E-state index < -0.39 is 27.9 Å². The molecule has 0 fully saturated rings. The van der Waals surface area contributed by atoms with Crippen LogP contribution in [0.15, 0.2) is 18.2 Å². The molecule has 0 N–H and O–H groups in total.